The number of hydrogen-bond acceptors (Lipinski definition) is 4. The molecule has 2 N–H and O–H groups in total. The number of urea groups is 1. The van der Waals surface area contributed by atoms with Crippen LogP contribution in [-0.4, -0.2) is 59.1 Å². The zero-order valence-electron chi connectivity index (χ0n) is 13.3. The third-order valence-electron chi connectivity index (χ3n) is 4.48. The second-order valence-corrected chi connectivity index (χ2v) is 6.24. The summed E-state index contributed by atoms with van der Waals surface area (Å²) in [5.41, 5.74) is -0.373. The van der Waals surface area contributed by atoms with E-state index in [9.17, 15) is 27.9 Å². The first kappa shape index (κ1) is 17.7. The number of halogens is 3. The van der Waals surface area contributed by atoms with Gasteiger partial charge in [-0.2, -0.15) is 13.2 Å². The van der Waals surface area contributed by atoms with Gasteiger partial charge in [-0.3, -0.25) is 14.6 Å². The number of aliphatic hydroxyl groups is 1. The van der Waals surface area contributed by atoms with Crippen LogP contribution in [0.1, 0.15) is 23.6 Å². The van der Waals surface area contributed by atoms with Crippen LogP contribution in [-0.2, 0) is 11.0 Å². The highest BCUT2D eigenvalue weighted by atomic mass is 19.4. The third-order valence-corrected chi connectivity index (χ3v) is 4.48. The second-order valence-electron chi connectivity index (χ2n) is 6.24. The largest absolute Gasteiger partial charge is 0.416 e. The molecule has 3 rings (SSSR count). The maximum Gasteiger partial charge on any atom is 0.416 e. The van der Waals surface area contributed by atoms with E-state index in [-0.39, 0.29) is 26.1 Å². The number of amides is 3. The lowest BCUT2D eigenvalue weighted by Crippen LogP contribution is -2.42. The smallest absolute Gasteiger partial charge is 0.392 e. The van der Waals surface area contributed by atoms with Crippen molar-refractivity contribution in [3.63, 3.8) is 0 Å². The summed E-state index contributed by atoms with van der Waals surface area (Å²) in [6.07, 6.45) is -4.96. The van der Waals surface area contributed by atoms with Gasteiger partial charge in [-0.05, 0) is 24.1 Å². The van der Waals surface area contributed by atoms with E-state index in [0.717, 1.165) is 17.0 Å². The summed E-state index contributed by atoms with van der Waals surface area (Å²) in [4.78, 5) is 26.5. The Morgan fingerprint density at radius 1 is 1.36 bits per heavy atom. The Morgan fingerprint density at radius 3 is 2.76 bits per heavy atom. The number of imide groups is 1. The zero-order valence-corrected chi connectivity index (χ0v) is 13.3. The molecule has 0 spiro atoms. The van der Waals surface area contributed by atoms with E-state index in [4.69, 9.17) is 0 Å². The maximum atomic E-state index is 12.9. The van der Waals surface area contributed by atoms with Crippen molar-refractivity contribution in [3.05, 3.63) is 35.4 Å². The molecule has 1 aromatic carbocycles. The molecule has 2 heterocycles. The van der Waals surface area contributed by atoms with E-state index in [1.807, 2.05) is 0 Å². The van der Waals surface area contributed by atoms with Gasteiger partial charge in [0.25, 0.3) is 0 Å². The first-order valence-corrected chi connectivity index (χ1v) is 7.93. The molecule has 0 aliphatic carbocycles. The number of hydrogen-bond donors (Lipinski definition) is 2. The summed E-state index contributed by atoms with van der Waals surface area (Å²) in [5.74, 6) is -0.430. The lowest BCUT2D eigenvalue weighted by atomic mass is 10.0. The Kier molecular flexibility index (Phi) is 4.70. The molecule has 6 nitrogen and oxygen atoms in total. The van der Waals surface area contributed by atoms with Gasteiger partial charge >= 0.3 is 12.2 Å². The fourth-order valence-corrected chi connectivity index (χ4v) is 3.29. The Bertz CT molecular complexity index is 680. The molecule has 2 atom stereocenters. The van der Waals surface area contributed by atoms with Crippen LogP contribution in [0.25, 0.3) is 0 Å². The lowest BCUT2D eigenvalue weighted by molar-refractivity contribution is -0.137. The molecule has 9 heteroatoms. The number of nitrogens with one attached hydrogen (secondary N) is 1. The Hall–Kier alpha value is -2.13. The fraction of sp³-hybridized carbons (Fsp3) is 0.500. The van der Waals surface area contributed by atoms with Gasteiger partial charge in [-0.15, -0.1) is 0 Å². The van der Waals surface area contributed by atoms with E-state index < -0.39 is 35.8 Å². The molecule has 0 radical (unpaired) electrons. The van der Waals surface area contributed by atoms with Crippen molar-refractivity contribution in [1.29, 1.82) is 0 Å². The number of likely N-dealkylation sites (tertiary alicyclic amines) is 1. The number of alkyl halides is 3. The van der Waals surface area contributed by atoms with Gasteiger partial charge in [-0.1, -0.05) is 12.1 Å². The van der Waals surface area contributed by atoms with Crippen molar-refractivity contribution < 1.29 is 27.9 Å². The monoisotopic (exact) mass is 357 g/mol. The number of aliphatic hydroxyl groups excluding tert-OH is 1. The first-order chi connectivity index (χ1) is 11.8. The summed E-state index contributed by atoms with van der Waals surface area (Å²) in [7, 11) is 0. The summed E-state index contributed by atoms with van der Waals surface area (Å²) >= 11 is 0. The molecule has 2 aliphatic rings. The van der Waals surface area contributed by atoms with E-state index in [2.05, 4.69) is 5.32 Å². The van der Waals surface area contributed by atoms with Gasteiger partial charge < -0.3 is 10.4 Å². The highest BCUT2D eigenvalue weighted by Crippen LogP contribution is 2.36. The maximum absolute atomic E-state index is 12.9. The van der Waals surface area contributed by atoms with Gasteiger partial charge in [0.15, 0.2) is 0 Å². The molecular weight excluding hydrogens is 339 g/mol. The van der Waals surface area contributed by atoms with Gasteiger partial charge in [0.2, 0.25) is 5.91 Å². The van der Waals surface area contributed by atoms with E-state index >= 15 is 0 Å². The van der Waals surface area contributed by atoms with Crippen LogP contribution in [0.3, 0.4) is 0 Å². The molecule has 3 amide bonds. The number of nitrogens with zero attached hydrogens (tertiary/aromatic N) is 2. The van der Waals surface area contributed by atoms with Crippen LogP contribution < -0.4 is 5.32 Å². The Balaban J connectivity index is 1.78. The third kappa shape index (κ3) is 3.77. The van der Waals surface area contributed by atoms with Crippen LogP contribution in [0, 0.1) is 0 Å². The molecule has 2 unspecified atom stereocenters. The average molecular weight is 357 g/mol. The molecule has 1 aromatic rings. The van der Waals surface area contributed by atoms with Crippen LogP contribution in [0.5, 0.6) is 0 Å². The Labute approximate surface area is 142 Å². The Morgan fingerprint density at radius 2 is 2.12 bits per heavy atom. The summed E-state index contributed by atoms with van der Waals surface area (Å²) in [6, 6.07) is 3.92. The van der Waals surface area contributed by atoms with Crippen LogP contribution >= 0.6 is 0 Å². The average Bonchev–Trinajstić information content (AvgIpc) is 3.12. The zero-order chi connectivity index (χ0) is 18.2. The van der Waals surface area contributed by atoms with E-state index in [0.29, 0.717) is 12.1 Å². The normalized spacial score (nSPS) is 24.6. The minimum Gasteiger partial charge on any atom is -0.392 e. The molecule has 136 valence electrons. The van der Waals surface area contributed by atoms with Crippen LogP contribution in [0.4, 0.5) is 18.0 Å². The van der Waals surface area contributed by atoms with Crippen molar-refractivity contribution in [2.24, 2.45) is 0 Å². The second kappa shape index (κ2) is 6.64. The minimum atomic E-state index is -4.46. The molecule has 0 aromatic heterocycles. The molecule has 2 fully saturated rings. The predicted molar refractivity (Wildman–Crippen MR) is 81.5 cm³/mol. The number of benzene rings is 1. The van der Waals surface area contributed by atoms with Gasteiger partial charge in [-0.25, -0.2) is 4.79 Å². The highest BCUT2D eigenvalue weighted by Gasteiger charge is 2.37. The quantitative estimate of drug-likeness (QED) is 0.857. The van der Waals surface area contributed by atoms with Crippen molar-refractivity contribution in [1.82, 2.24) is 15.1 Å². The van der Waals surface area contributed by atoms with Crippen molar-refractivity contribution in [2.45, 2.75) is 24.7 Å². The standard InChI is InChI=1S/C16H18F3N3O3/c17-16(18,19)11-3-1-2-10(6-11)13-7-12(23)8-21(13)9-14(24)22-5-4-20-15(22)25/h1-3,6,12-13,23H,4-5,7-9H2,(H,20,25). The molecule has 0 saturated carbocycles. The summed E-state index contributed by atoms with van der Waals surface area (Å²) in [6.45, 7) is 0.681. The molecule has 0 bridgehead atoms. The van der Waals surface area contributed by atoms with Crippen molar-refractivity contribution >= 4 is 11.9 Å². The fourth-order valence-electron chi connectivity index (χ4n) is 3.29. The van der Waals surface area contributed by atoms with Crippen molar-refractivity contribution in [3.8, 4) is 0 Å². The number of carbonyl (C=O) groups excluding carboxylic acids is 2. The van der Waals surface area contributed by atoms with E-state index in [1.165, 1.54) is 6.07 Å². The molecule has 2 aliphatic heterocycles. The molecule has 2 saturated heterocycles. The minimum absolute atomic E-state index is 0.134. The molecular formula is C16H18F3N3O3. The topological polar surface area (TPSA) is 72.9 Å². The summed E-state index contributed by atoms with van der Waals surface area (Å²) < 4.78 is 38.8. The first-order valence-electron chi connectivity index (χ1n) is 7.93. The summed E-state index contributed by atoms with van der Waals surface area (Å²) in [5, 5.41) is 12.4. The number of β-amino-alcohol motifs (C(OH)–C–C–N with tert-alkyl or cyclic N) is 1. The molecule has 25 heavy (non-hydrogen) atoms. The highest BCUT2D eigenvalue weighted by molar-refractivity contribution is 5.96. The number of carbonyl (C=O) groups is 2. The SMILES string of the molecule is O=C(CN1CC(O)CC1c1cccc(C(F)(F)F)c1)N1CCNC1=O. The van der Waals surface area contributed by atoms with Gasteiger partial charge in [0.1, 0.15) is 0 Å². The van der Waals surface area contributed by atoms with Gasteiger partial charge in [0.05, 0.1) is 18.2 Å². The van der Waals surface area contributed by atoms with Crippen LogP contribution in [0.2, 0.25) is 0 Å². The van der Waals surface area contributed by atoms with Crippen molar-refractivity contribution in [2.75, 3.05) is 26.2 Å². The lowest BCUT2D eigenvalue weighted by Gasteiger charge is -2.26. The number of rotatable bonds is 3. The van der Waals surface area contributed by atoms with Gasteiger partial charge in [0, 0.05) is 25.7 Å². The van der Waals surface area contributed by atoms with Crippen LogP contribution in [0.15, 0.2) is 24.3 Å². The predicted octanol–water partition coefficient (Wildman–Crippen LogP) is 1.36. The van der Waals surface area contributed by atoms with E-state index in [1.54, 1.807) is 11.0 Å².